The number of β-lactam (4-membered cyclic amide) rings is 1. The molecule has 3 atom stereocenters. The molecule has 0 aromatic heterocycles. The molecular formula is C23H22N2O3S. The number of ether oxygens (including phenoxy) is 1. The summed E-state index contributed by atoms with van der Waals surface area (Å²) in [6.07, 6.45) is 0.690. The van der Waals surface area contributed by atoms with E-state index < -0.39 is 18.1 Å². The Kier molecular flexibility index (Phi) is 5.53. The van der Waals surface area contributed by atoms with E-state index in [9.17, 15) is 9.59 Å². The molecule has 148 valence electrons. The topological polar surface area (TPSA) is 59.0 Å². The number of carbonyl (C=O) groups excluding carboxylic acids is 2. The van der Waals surface area contributed by atoms with Crippen LogP contribution in [-0.4, -0.2) is 39.3 Å². The van der Waals surface area contributed by atoms with Crippen LogP contribution in [0.2, 0.25) is 0 Å². The molecule has 5 nitrogen and oxygen atoms in total. The number of thioether (sulfide) groups is 1. The van der Waals surface area contributed by atoms with Gasteiger partial charge in [0.1, 0.15) is 12.0 Å². The lowest BCUT2D eigenvalue weighted by molar-refractivity contribution is -0.161. The lowest BCUT2D eigenvalue weighted by Crippen LogP contribution is -2.66. The van der Waals surface area contributed by atoms with E-state index in [1.54, 1.807) is 23.6 Å². The first-order valence-corrected chi connectivity index (χ1v) is 10.4. The van der Waals surface area contributed by atoms with Crippen molar-refractivity contribution in [3.63, 3.8) is 0 Å². The maximum absolute atomic E-state index is 12.8. The van der Waals surface area contributed by atoms with Gasteiger partial charge < -0.3 is 9.64 Å². The fourth-order valence-electron chi connectivity index (χ4n) is 3.53. The fraction of sp³-hybridized carbons (Fsp3) is 0.261. The van der Waals surface area contributed by atoms with Crippen LogP contribution in [0.3, 0.4) is 0 Å². The minimum absolute atomic E-state index is 0.143. The van der Waals surface area contributed by atoms with Gasteiger partial charge in [-0.15, -0.1) is 0 Å². The van der Waals surface area contributed by atoms with E-state index >= 15 is 0 Å². The summed E-state index contributed by atoms with van der Waals surface area (Å²) in [6, 6.07) is 18.3. The first-order chi connectivity index (χ1) is 14.0. The normalized spacial score (nSPS) is 21.1. The van der Waals surface area contributed by atoms with E-state index in [2.05, 4.69) is 11.6 Å². The second-order valence-corrected chi connectivity index (χ2v) is 8.42. The van der Waals surface area contributed by atoms with Crippen LogP contribution in [-0.2, 0) is 27.4 Å². The van der Waals surface area contributed by atoms with Crippen molar-refractivity contribution in [3.8, 4) is 0 Å². The van der Waals surface area contributed by atoms with E-state index in [4.69, 9.17) is 4.74 Å². The van der Waals surface area contributed by atoms with Gasteiger partial charge in [0.25, 0.3) is 5.91 Å². The monoisotopic (exact) mass is 406 g/mol. The SMILES string of the molecule is C=C(C)C(C(=O)OCc1ccccc1)N1C(=O)C2N=C(Cc3ccccc3)SC21. The Labute approximate surface area is 174 Å². The molecule has 1 amide bonds. The number of likely N-dealkylation sites (tertiary alicyclic amines) is 1. The summed E-state index contributed by atoms with van der Waals surface area (Å²) >= 11 is 1.55. The summed E-state index contributed by atoms with van der Waals surface area (Å²) in [5.74, 6) is -0.597. The zero-order valence-electron chi connectivity index (χ0n) is 16.2. The average Bonchev–Trinajstić information content (AvgIpc) is 3.10. The van der Waals surface area contributed by atoms with Crippen molar-refractivity contribution < 1.29 is 14.3 Å². The minimum Gasteiger partial charge on any atom is -0.459 e. The minimum atomic E-state index is -0.786. The van der Waals surface area contributed by atoms with Crippen molar-refractivity contribution in [2.45, 2.75) is 37.4 Å². The maximum atomic E-state index is 12.8. The Hall–Kier alpha value is -2.86. The predicted octanol–water partition coefficient (Wildman–Crippen LogP) is 3.60. The molecule has 2 aromatic rings. The molecule has 2 aliphatic heterocycles. The summed E-state index contributed by atoms with van der Waals surface area (Å²) in [6.45, 7) is 5.85. The molecule has 0 bridgehead atoms. The Balaban J connectivity index is 1.42. The van der Waals surface area contributed by atoms with E-state index in [1.807, 2.05) is 60.7 Å². The third-order valence-corrected chi connectivity index (χ3v) is 6.23. The molecule has 6 heteroatoms. The molecule has 4 rings (SSSR count). The molecular weight excluding hydrogens is 384 g/mol. The molecule has 1 fully saturated rings. The highest BCUT2D eigenvalue weighted by molar-refractivity contribution is 8.14. The fourth-order valence-corrected chi connectivity index (χ4v) is 4.88. The van der Waals surface area contributed by atoms with Gasteiger partial charge in [0.15, 0.2) is 12.1 Å². The molecule has 29 heavy (non-hydrogen) atoms. The Morgan fingerprint density at radius 3 is 2.38 bits per heavy atom. The number of aliphatic imine (C=N–C) groups is 1. The lowest BCUT2D eigenvalue weighted by Gasteiger charge is -2.45. The second kappa shape index (κ2) is 8.25. The van der Waals surface area contributed by atoms with Gasteiger partial charge in [-0.3, -0.25) is 9.79 Å². The molecule has 0 aliphatic carbocycles. The van der Waals surface area contributed by atoms with E-state index in [-0.39, 0.29) is 17.9 Å². The number of amides is 1. The maximum Gasteiger partial charge on any atom is 0.333 e. The Morgan fingerprint density at radius 2 is 1.76 bits per heavy atom. The number of rotatable bonds is 7. The van der Waals surface area contributed by atoms with Crippen molar-refractivity contribution in [2.75, 3.05) is 0 Å². The molecule has 0 saturated carbocycles. The Morgan fingerprint density at radius 1 is 1.14 bits per heavy atom. The van der Waals surface area contributed by atoms with Crippen LogP contribution in [0.1, 0.15) is 18.1 Å². The largest absolute Gasteiger partial charge is 0.459 e. The number of hydrogen-bond acceptors (Lipinski definition) is 5. The van der Waals surface area contributed by atoms with Gasteiger partial charge in [0, 0.05) is 6.42 Å². The highest BCUT2D eigenvalue weighted by Crippen LogP contribution is 2.42. The second-order valence-electron chi connectivity index (χ2n) is 7.23. The number of hydrogen-bond donors (Lipinski definition) is 0. The smallest absolute Gasteiger partial charge is 0.333 e. The van der Waals surface area contributed by atoms with Crippen LogP contribution in [0.25, 0.3) is 0 Å². The number of nitrogens with zero attached hydrogens (tertiary/aromatic N) is 2. The summed E-state index contributed by atoms with van der Waals surface area (Å²) in [7, 11) is 0. The van der Waals surface area contributed by atoms with E-state index in [1.165, 1.54) is 0 Å². The molecule has 2 aliphatic rings. The first kappa shape index (κ1) is 19.5. The number of esters is 1. The predicted molar refractivity (Wildman–Crippen MR) is 114 cm³/mol. The van der Waals surface area contributed by atoms with Crippen molar-refractivity contribution >= 4 is 28.7 Å². The highest BCUT2D eigenvalue weighted by atomic mass is 32.2. The van der Waals surface area contributed by atoms with Gasteiger partial charge >= 0.3 is 5.97 Å². The average molecular weight is 407 g/mol. The molecule has 1 saturated heterocycles. The first-order valence-electron chi connectivity index (χ1n) is 9.50. The zero-order chi connectivity index (χ0) is 20.4. The van der Waals surface area contributed by atoms with Crippen LogP contribution in [0.5, 0.6) is 0 Å². The third kappa shape index (κ3) is 3.98. The van der Waals surface area contributed by atoms with Crippen molar-refractivity contribution in [3.05, 3.63) is 83.9 Å². The molecule has 0 spiro atoms. The molecule has 3 unspecified atom stereocenters. The third-order valence-electron chi connectivity index (χ3n) is 4.98. The standard InChI is InChI=1S/C23H22N2O3S/c1-15(2)20(23(27)28-14-17-11-7-4-8-12-17)25-21(26)19-22(25)29-18(24-19)13-16-9-5-3-6-10-16/h3-12,19-20,22H,1,13-14H2,2H3. The van der Waals surface area contributed by atoms with Crippen molar-refractivity contribution in [1.82, 2.24) is 4.90 Å². The van der Waals surface area contributed by atoms with Gasteiger partial charge in [-0.05, 0) is 23.6 Å². The van der Waals surface area contributed by atoms with Crippen molar-refractivity contribution in [2.24, 2.45) is 4.99 Å². The van der Waals surface area contributed by atoms with Crippen LogP contribution in [0.15, 0.2) is 77.8 Å². The zero-order valence-corrected chi connectivity index (χ0v) is 17.0. The summed E-state index contributed by atoms with van der Waals surface area (Å²) < 4.78 is 5.49. The number of benzene rings is 2. The molecule has 0 N–H and O–H groups in total. The van der Waals surface area contributed by atoms with E-state index in [0.717, 1.165) is 16.2 Å². The summed E-state index contributed by atoms with van der Waals surface area (Å²) in [5, 5.41) is 0.743. The van der Waals surface area contributed by atoms with Crippen LogP contribution >= 0.6 is 11.8 Å². The van der Waals surface area contributed by atoms with Gasteiger partial charge in [-0.2, -0.15) is 0 Å². The summed E-state index contributed by atoms with van der Waals surface area (Å²) in [5.41, 5.74) is 2.64. The van der Waals surface area contributed by atoms with Crippen LogP contribution < -0.4 is 0 Å². The Bertz CT molecular complexity index is 959. The van der Waals surface area contributed by atoms with Gasteiger partial charge in [-0.1, -0.05) is 79.0 Å². The van der Waals surface area contributed by atoms with Gasteiger partial charge in [0.2, 0.25) is 0 Å². The number of fused-ring (bicyclic) bond motifs is 1. The van der Waals surface area contributed by atoms with Gasteiger partial charge in [0.05, 0.1) is 5.04 Å². The highest BCUT2D eigenvalue weighted by Gasteiger charge is 2.56. The molecule has 2 aromatic carbocycles. The summed E-state index contributed by atoms with van der Waals surface area (Å²) in [4.78, 5) is 31.7. The quantitative estimate of drug-likeness (QED) is 0.401. The van der Waals surface area contributed by atoms with E-state index in [0.29, 0.717) is 12.0 Å². The van der Waals surface area contributed by atoms with Crippen molar-refractivity contribution in [1.29, 1.82) is 0 Å². The van der Waals surface area contributed by atoms with Crippen LogP contribution in [0, 0.1) is 0 Å². The van der Waals surface area contributed by atoms with Crippen LogP contribution in [0.4, 0.5) is 0 Å². The lowest BCUT2D eigenvalue weighted by atomic mass is 10.00. The van der Waals surface area contributed by atoms with Gasteiger partial charge in [-0.25, -0.2) is 4.79 Å². The molecule has 2 heterocycles. The number of carbonyl (C=O) groups is 2. The molecule has 0 radical (unpaired) electrons.